The fraction of sp³-hybridized carbons (Fsp3) is 0.0833. The van der Waals surface area contributed by atoms with Gasteiger partial charge in [-0.1, -0.05) is 60.7 Å². The smallest absolute Gasteiger partial charge is 0.359 e. The summed E-state index contributed by atoms with van der Waals surface area (Å²) < 4.78 is 19.7. The maximum Gasteiger partial charge on any atom is 0.359 e. The fourth-order valence-corrected chi connectivity index (χ4v) is 3.19. The van der Waals surface area contributed by atoms with Crippen LogP contribution in [0.4, 0.5) is 4.39 Å². The van der Waals surface area contributed by atoms with Gasteiger partial charge in [0.25, 0.3) is 5.56 Å². The molecule has 4 aromatic rings. The lowest BCUT2D eigenvalue weighted by Crippen LogP contribution is -2.27. The molecule has 3 aromatic carbocycles. The number of hydrogen-bond donors (Lipinski definition) is 0. The summed E-state index contributed by atoms with van der Waals surface area (Å²) in [5.41, 5.74) is 0.526. The first kappa shape index (κ1) is 20.2. The van der Waals surface area contributed by atoms with Crippen molar-refractivity contribution in [2.24, 2.45) is 0 Å². The molecular weight excluding hydrogens is 399 g/mol. The van der Waals surface area contributed by atoms with Gasteiger partial charge in [0.1, 0.15) is 5.82 Å². The van der Waals surface area contributed by atoms with E-state index in [9.17, 15) is 18.8 Å². The molecule has 4 rings (SSSR count). The Morgan fingerprint density at radius 2 is 1.61 bits per heavy atom. The van der Waals surface area contributed by atoms with Crippen LogP contribution in [-0.4, -0.2) is 28.1 Å². The molecule has 0 N–H and O–H groups in total. The number of esters is 1. The largest absolute Gasteiger partial charge is 0.452 e. The zero-order chi connectivity index (χ0) is 21.8. The number of hydrogen-bond acceptors (Lipinski definition) is 5. The highest BCUT2D eigenvalue weighted by Crippen LogP contribution is 2.15. The molecular formula is C24H17FN2O4. The molecule has 0 saturated carbocycles. The average Bonchev–Trinajstić information content (AvgIpc) is 2.80. The van der Waals surface area contributed by atoms with Gasteiger partial charge in [-0.3, -0.25) is 9.59 Å². The Balaban J connectivity index is 1.64. The van der Waals surface area contributed by atoms with E-state index >= 15 is 0 Å². The van der Waals surface area contributed by atoms with Gasteiger partial charge in [-0.25, -0.2) is 13.9 Å². The van der Waals surface area contributed by atoms with Crippen molar-refractivity contribution in [2.75, 3.05) is 6.61 Å². The second kappa shape index (κ2) is 8.71. The molecule has 0 aliphatic carbocycles. The molecule has 0 spiro atoms. The number of aromatic nitrogens is 2. The van der Waals surface area contributed by atoms with Crippen LogP contribution in [0.3, 0.4) is 0 Å². The lowest BCUT2D eigenvalue weighted by atomic mass is 10.1. The van der Waals surface area contributed by atoms with Crippen LogP contribution in [0.2, 0.25) is 0 Å². The van der Waals surface area contributed by atoms with Gasteiger partial charge >= 0.3 is 5.97 Å². The molecule has 6 nitrogen and oxygen atoms in total. The van der Waals surface area contributed by atoms with Crippen LogP contribution in [0.25, 0.3) is 10.8 Å². The molecule has 0 amide bonds. The summed E-state index contributed by atoms with van der Waals surface area (Å²) in [5.74, 6) is -1.95. The first-order valence-electron chi connectivity index (χ1n) is 9.52. The highest BCUT2D eigenvalue weighted by molar-refractivity contribution is 6.04. The molecule has 0 atom stereocenters. The Kier molecular flexibility index (Phi) is 5.66. The van der Waals surface area contributed by atoms with E-state index < -0.39 is 24.2 Å². The third-order valence-electron chi connectivity index (χ3n) is 4.72. The van der Waals surface area contributed by atoms with Crippen molar-refractivity contribution in [3.8, 4) is 0 Å². The van der Waals surface area contributed by atoms with Crippen molar-refractivity contribution in [1.29, 1.82) is 0 Å². The third-order valence-corrected chi connectivity index (χ3v) is 4.72. The molecule has 0 aliphatic rings. The summed E-state index contributed by atoms with van der Waals surface area (Å²) in [6.07, 6.45) is 0. The van der Waals surface area contributed by atoms with E-state index in [0.717, 1.165) is 11.6 Å². The van der Waals surface area contributed by atoms with Crippen molar-refractivity contribution in [1.82, 2.24) is 9.78 Å². The van der Waals surface area contributed by atoms with Gasteiger partial charge in [0.05, 0.1) is 11.9 Å². The summed E-state index contributed by atoms with van der Waals surface area (Å²) in [6.45, 7) is -0.400. The summed E-state index contributed by atoms with van der Waals surface area (Å²) in [6, 6.07) is 20.9. The number of fused-ring (bicyclic) bond motifs is 1. The van der Waals surface area contributed by atoms with Crippen molar-refractivity contribution in [3.05, 3.63) is 112 Å². The van der Waals surface area contributed by atoms with Crippen LogP contribution in [0.15, 0.2) is 83.7 Å². The van der Waals surface area contributed by atoms with Crippen LogP contribution < -0.4 is 5.56 Å². The fourth-order valence-electron chi connectivity index (χ4n) is 3.19. The Labute approximate surface area is 176 Å². The maximum absolute atomic E-state index is 13.3. The Hall–Kier alpha value is -4.13. The summed E-state index contributed by atoms with van der Waals surface area (Å²) >= 11 is 0. The van der Waals surface area contributed by atoms with Crippen LogP contribution >= 0.6 is 0 Å². The lowest BCUT2D eigenvalue weighted by Gasteiger charge is -2.11. The minimum Gasteiger partial charge on any atom is -0.452 e. The molecule has 0 aliphatic heterocycles. The predicted octanol–water partition coefficient (Wildman–Crippen LogP) is 3.62. The number of rotatable bonds is 6. The number of ketones is 1. The Bertz CT molecular complexity index is 1330. The normalized spacial score (nSPS) is 10.7. The highest BCUT2D eigenvalue weighted by atomic mass is 19.1. The van der Waals surface area contributed by atoms with Crippen LogP contribution in [0, 0.1) is 5.82 Å². The Morgan fingerprint density at radius 3 is 2.35 bits per heavy atom. The molecule has 1 heterocycles. The van der Waals surface area contributed by atoms with Gasteiger partial charge in [-0.15, -0.1) is 0 Å². The van der Waals surface area contributed by atoms with Gasteiger partial charge in [0.2, 0.25) is 0 Å². The van der Waals surface area contributed by atoms with Gasteiger partial charge < -0.3 is 4.74 Å². The molecule has 1 aromatic heterocycles. The van der Waals surface area contributed by atoms with Crippen molar-refractivity contribution in [3.63, 3.8) is 0 Å². The van der Waals surface area contributed by atoms with Crippen molar-refractivity contribution in [2.45, 2.75) is 6.54 Å². The number of halogens is 1. The number of Topliss-reactive ketones (excluding diaryl/α,β-unsaturated/α-hetero) is 1. The minimum absolute atomic E-state index is 0.0711. The van der Waals surface area contributed by atoms with E-state index in [0.29, 0.717) is 10.8 Å². The molecule has 0 bridgehead atoms. The molecule has 0 saturated heterocycles. The molecule has 0 radical (unpaired) electrons. The first-order chi connectivity index (χ1) is 15.0. The van der Waals surface area contributed by atoms with Crippen LogP contribution in [0.5, 0.6) is 0 Å². The summed E-state index contributed by atoms with van der Waals surface area (Å²) in [7, 11) is 0. The van der Waals surface area contributed by atoms with Gasteiger partial charge in [0, 0.05) is 10.9 Å². The highest BCUT2D eigenvalue weighted by Gasteiger charge is 2.19. The van der Waals surface area contributed by atoms with Crippen LogP contribution in [-0.2, 0) is 11.3 Å². The SMILES string of the molecule is O=C(COC(=O)c1nn(Cc2ccccc2)c(=O)c2ccccc12)c1cccc(F)c1. The maximum atomic E-state index is 13.3. The molecule has 31 heavy (non-hydrogen) atoms. The van der Waals surface area contributed by atoms with Gasteiger partial charge in [-0.2, -0.15) is 5.10 Å². The summed E-state index contributed by atoms with van der Waals surface area (Å²) in [5, 5.41) is 4.87. The number of nitrogens with zero attached hydrogens (tertiary/aromatic N) is 2. The predicted molar refractivity (Wildman–Crippen MR) is 113 cm³/mol. The third kappa shape index (κ3) is 4.40. The monoisotopic (exact) mass is 416 g/mol. The van der Waals surface area contributed by atoms with E-state index in [-0.39, 0.29) is 23.4 Å². The van der Waals surface area contributed by atoms with E-state index in [2.05, 4.69) is 5.10 Å². The average molecular weight is 416 g/mol. The van der Waals surface area contributed by atoms with E-state index in [1.807, 2.05) is 30.3 Å². The molecule has 7 heteroatoms. The van der Waals surface area contributed by atoms with Crippen molar-refractivity contribution >= 4 is 22.5 Å². The van der Waals surface area contributed by atoms with Crippen LogP contribution in [0.1, 0.15) is 26.4 Å². The zero-order valence-corrected chi connectivity index (χ0v) is 16.3. The van der Waals surface area contributed by atoms with Crippen molar-refractivity contribution < 1.29 is 18.7 Å². The zero-order valence-electron chi connectivity index (χ0n) is 16.3. The molecule has 0 fully saturated rings. The second-order valence-corrected chi connectivity index (χ2v) is 6.85. The number of ether oxygens (including phenoxy) is 1. The summed E-state index contributed by atoms with van der Waals surface area (Å²) in [4.78, 5) is 37.8. The number of carbonyl (C=O) groups excluding carboxylic acids is 2. The first-order valence-corrected chi connectivity index (χ1v) is 9.52. The standard InChI is InChI=1S/C24H17FN2O4/c25-18-10-6-9-17(13-18)21(28)15-31-24(30)22-19-11-4-5-12-20(19)23(29)27(26-22)14-16-7-2-1-3-8-16/h1-13H,14-15H2. The number of carbonyl (C=O) groups is 2. The minimum atomic E-state index is -0.845. The van der Waals surface area contributed by atoms with E-state index in [1.54, 1.807) is 24.3 Å². The van der Waals surface area contributed by atoms with E-state index in [1.165, 1.54) is 22.9 Å². The van der Waals surface area contributed by atoms with Gasteiger partial charge in [-0.05, 0) is 23.8 Å². The number of benzene rings is 3. The quantitative estimate of drug-likeness (QED) is 0.354. The van der Waals surface area contributed by atoms with E-state index in [4.69, 9.17) is 4.74 Å². The topological polar surface area (TPSA) is 78.3 Å². The van der Waals surface area contributed by atoms with Gasteiger partial charge in [0.15, 0.2) is 18.1 Å². The molecule has 154 valence electrons. The Morgan fingerprint density at radius 1 is 0.903 bits per heavy atom. The molecule has 0 unspecified atom stereocenters. The lowest BCUT2D eigenvalue weighted by molar-refractivity contribution is 0.0468. The second-order valence-electron chi connectivity index (χ2n) is 6.85.